The highest BCUT2D eigenvalue weighted by atomic mass is 16.7. The number of anilines is 1. The highest BCUT2D eigenvalue weighted by molar-refractivity contribution is 5.46. The van der Waals surface area contributed by atoms with Crippen molar-refractivity contribution in [1.29, 1.82) is 0 Å². The average Bonchev–Trinajstić information content (AvgIpc) is 2.39. The number of rotatable bonds is 1. The Morgan fingerprint density at radius 3 is 2.65 bits per heavy atom. The van der Waals surface area contributed by atoms with E-state index in [2.05, 4.69) is 37.3 Å². The van der Waals surface area contributed by atoms with E-state index in [-0.39, 0.29) is 0 Å². The lowest BCUT2D eigenvalue weighted by Gasteiger charge is -2.30. The van der Waals surface area contributed by atoms with Crippen LogP contribution in [0, 0.1) is 6.92 Å². The third-order valence-electron chi connectivity index (χ3n) is 3.10. The van der Waals surface area contributed by atoms with Crippen LogP contribution in [0.3, 0.4) is 0 Å². The van der Waals surface area contributed by atoms with E-state index in [0.29, 0.717) is 6.61 Å². The molecule has 0 bridgehead atoms. The number of benzene rings is 2. The summed E-state index contributed by atoms with van der Waals surface area (Å²) in [6, 6.07) is 16.8. The second kappa shape index (κ2) is 4.22. The topological polar surface area (TPSA) is 12.5 Å². The minimum Gasteiger partial charge on any atom is -0.268 e. The smallest absolute Gasteiger partial charge is 0.100 e. The summed E-state index contributed by atoms with van der Waals surface area (Å²) in [4.78, 5) is 5.76. The van der Waals surface area contributed by atoms with E-state index in [0.717, 1.165) is 12.2 Å². The Morgan fingerprint density at radius 1 is 1.00 bits per heavy atom. The normalized spacial score (nSPS) is 14.5. The molecule has 1 aliphatic rings. The second-order valence-electron chi connectivity index (χ2n) is 4.42. The van der Waals surface area contributed by atoms with Gasteiger partial charge in [-0.2, -0.15) is 0 Å². The summed E-state index contributed by atoms with van der Waals surface area (Å²) >= 11 is 0. The first-order valence-electron chi connectivity index (χ1n) is 5.87. The van der Waals surface area contributed by atoms with Gasteiger partial charge in [0.2, 0.25) is 0 Å². The van der Waals surface area contributed by atoms with Gasteiger partial charge in [0, 0.05) is 0 Å². The van der Waals surface area contributed by atoms with Crippen molar-refractivity contribution in [2.75, 3.05) is 5.06 Å². The molecule has 3 rings (SSSR count). The van der Waals surface area contributed by atoms with Crippen molar-refractivity contribution in [1.82, 2.24) is 0 Å². The highest BCUT2D eigenvalue weighted by Crippen LogP contribution is 2.25. The van der Waals surface area contributed by atoms with Crippen LogP contribution in [0.4, 0.5) is 5.69 Å². The van der Waals surface area contributed by atoms with Crippen LogP contribution in [0.25, 0.3) is 0 Å². The molecule has 0 spiro atoms. The van der Waals surface area contributed by atoms with Crippen LogP contribution in [-0.2, 0) is 18.0 Å². The Labute approximate surface area is 101 Å². The molecule has 1 heterocycles. The number of nitrogens with zero attached hydrogens (tertiary/aromatic N) is 1. The van der Waals surface area contributed by atoms with Gasteiger partial charge in [-0.1, -0.05) is 42.0 Å². The Hall–Kier alpha value is -1.80. The predicted octanol–water partition coefficient (Wildman–Crippen LogP) is 3.45. The molecule has 0 fully saturated rings. The Kier molecular flexibility index (Phi) is 2.57. The van der Waals surface area contributed by atoms with Gasteiger partial charge in [-0.25, -0.2) is 5.06 Å². The van der Waals surface area contributed by atoms with Crippen LogP contribution in [0.15, 0.2) is 48.5 Å². The molecule has 0 amide bonds. The van der Waals surface area contributed by atoms with Gasteiger partial charge in [0.05, 0.1) is 12.2 Å². The zero-order chi connectivity index (χ0) is 11.7. The Balaban J connectivity index is 1.90. The first kappa shape index (κ1) is 10.4. The summed E-state index contributed by atoms with van der Waals surface area (Å²) in [6.45, 7) is 3.61. The third-order valence-corrected chi connectivity index (χ3v) is 3.10. The van der Waals surface area contributed by atoms with Gasteiger partial charge < -0.3 is 0 Å². The van der Waals surface area contributed by atoms with Crippen LogP contribution in [0.5, 0.6) is 0 Å². The number of para-hydroxylation sites is 1. The molecule has 0 N–H and O–H groups in total. The van der Waals surface area contributed by atoms with Crippen molar-refractivity contribution in [3.8, 4) is 0 Å². The lowest BCUT2D eigenvalue weighted by molar-refractivity contribution is 0.0780. The number of fused-ring (bicyclic) bond motifs is 1. The van der Waals surface area contributed by atoms with E-state index in [1.807, 2.05) is 23.3 Å². The van der Waals surface area contributed by atoms with Gasteiger partial charge >= 0.3 is 0 Å². The molecule has 0 aromatic heterocycles. The zero-order valence-corrected chi connectivity index (χ0v) is 9.89. The Morgan fingerprint density at radius 2 is 1.82 bits per heavy atom. The minimum atomic E-state index is 0.657. The molecule has 2 nitrogen and oxygen atoms in total. The highest BCUT2D eigenvalue weighted by Gasteiger charge is 2.17. The fourth-order valence-corrected chi connectivity index (χ4v) is 2.15. The molecule has 1 aliphatic heterocycles. The van der Waals surface area contributed by atoms with E-state index >= 15 is 0 Å². The summed E-state index contributed by atoms with van der Waals surface area (Å²) in [5.74, 6) is 0. The molecular formula is C15H15NO. The molecule has 0 saturated heterocycles. The molecule has 86 valence electrons. The van der Waals surface area contributed by atoms with Gasteiger partial charge in [-0.3, -0.25) is 4.84 Å². The van der Waals surface area contributed by atoms with Crippen molar-refractivity contribution in [2.24, 2.45) is 0 Å². The molecule has 0 saturated carbocycles. The average molecular weight is 225 g/mol. The first-order chi connectivity index (χ1) is 8.33. The fourth-order valence-electron chi connectivity index (χ4n) is 2.15. The summed E-state index contributed by atoms with van der Waals surface area (Å²) in [5, 5.41) is 1.96. The lowest BCUT2D eigenvalue weighted by atomic mass is 10.0. The largest absolute Gasteiger partial charge is 0.268 e. The number of hydroxylamine groups is 1. The lowest BCUT2D eigenvalue weighted by Crippen LogP contribution is -2.28. The van der Waals surface area contributed by atoms with E-state index in [1.54, 1.807) is 0 Å². The molecule has 0 atom stereocenters. The molecule has 2 aromatic rings. The third kappa shape index (κ3) is 2.04. The van der Waals surface area contributed by atoms with E-state index < -0.39 is 0 Å². The number of aryl methyl sites for hydroxylation is 1. The van der Waals surface area contributed by atoms with Crippen LogP contribution >= 0.6 is 0 Å². The van der Waals surface area contributed by atoms with E-state index in [4.69, 9.17) is 4.84 Å². The maximum Gasteiger partial charge on any atom is 0.100 e. The second-order valence-corrected chi connectivity index (χ2v) is 4.42. The molecule has 2 heteroatoms. The fraction of sp³-hybridized carbons (Fsp3) is 0.200. The van der Waals surface area contributed by atoms with Crippen LogP contribution < -0.4 is 5.06 Å². The molecule has 17 heavy (non-hydrogen) atoms. The SMILES string of the molecule is Cc1ccc2c(c1)CN(c1ccccc1)OC2. The van der Waals surface area contributed by atoms with Crippen molar-refractivity contribution >= 4 is 5.69 Å². The summed E-state index contributed by atoms with van der Waals surface area (Å²) < 4.78 is 0. The molecule has 0 radical (unpaired) electrons. The maximum absolute atomic E-state index is 5.76. The molecule has 0 unspecified atom stereocenters. The van der Waals surface area contributed by atoms with Crippen molar-refractivity contribution in [3.05, 3.63) is 65.2 Å². The minimum absolute atomic E-state index is 0.657. The van der Waals surface area contributed by atoms with Crippen molar-refractivity contribution in [3.63, 3.8) is 0 Å². The summed E-state index contributed by atoms with van der Waals surface area (Å²) in [5.41, 5.74) is 5.07. The quantitative estimate of drug-likeness (QED) is 0.737. The molecular weight excluding hydrogens is 210 g/mol. The van der Waals surface area contributed by atoms with Gasteiger partial charge in [0.25, 0.3) is 0 Å². The number of hydrogen-bond donors (Lipinski definition) is 0. The molecule has 2 aromatic carbocycles. The van der Waals surface area contributed by atoms with Gasteiger partial charge in [0.15, 0.2) is 0 Å². The zero-order valence-electron chi connectivity index (χ0n) is 9.89. The monoisotopic (exact) mass is 225 g/mol. The molecule has 0 aliphatic carbocycles. The predicted molar refractivity (Wildman–Crippen MR) is 68.6 cm³/mol. The number of hydrogen-bond acceptors (Lipinski definition) is 2. The standard InChI is InChI=1S/C15H15NO/c1-12-7-8-13-11-17-16(10-14(13)9-12)15-5-3-2-4-6-15/h2-9H,10-11H2,1H3. The summed E-state index contributed by atoms with van der Waals surface area (Å²) in [6.07, 6.45) is 0. The van der Waals surface area contributed by atoms with Gasteiger partial charge in [-0.15, -0.1) is 0 Å². The van der Waals surface area contributed by atoms with E-state index in [9.17, 15) is 0 Å². The summed E-state index contributed by atoms with van der Waals surface area (Å²) in [7, 11) is 0. The van der Waals surface area contributed by atoms with Crippen molar-refractivity contribution in [2.45, 2.75) is 20.1 Å². The first-order valence-corrected chi connectivity index (χ1v) is 5.87. The van der Waals surface area contributed by atoms with Crippen molar-refractivity contribution < 1.29 is 4.84 Å². The van der Waals surface area contributed by atoms with Crippen LogP contribution in [0.2, 0.25) is 0 Å². The Bertz CT molecular complexity index is 522. The van der Waals surface area contributed by atoms with Crippen LogP contribution in [0.1, 0.15) is 16.7 Å². The van der Waals surface area contributed by atoms with Gasteiger partial charge in [-0.05, 0) is 30.2 Å². The van der Waals surface area contributed by atoms with Gasteiger partial charge in [0.1, 0.15) is 6.61 Å². The van der Waals surface area contributed by atoms with E-state index in [1.165, 1.54) is 16.7 Å². The maximum atomic E-state index is 5.76. The van der Waals surface area contributed by atoms with Crippen LogP contribution in [-0.4, -0.2) is 0 Å².